The fourth-order valence-corrected chi connectivity index (χ4v) is 3.46. The summed E-state index contributed by atoms with van der Waals surface area (Å²) in [6.45, 7) is 5.90. The minimum Gasteiger partial charge on any atom is -0.493 e. The van der Waals surface area contributed by atoms with Gasteiger partial charge in [-0.2, -0.15) is 4.98 Å². The number of anilines is 1. The summed E-state index contributed by atoms with van der Waals surface area (Å²) in [4.78, 5) is 19.2. The van der Waals surface area contributed by atoms with E-state index >= 15 is 0 Å². The van der Waals surface area contributed by atoms with Crippen molar-refractivity contribution in [1.82, 2.24) is 10.1 Å². The number of hydrogen-bond acceptors (Lipinski definition) is 8. The predicted octanol–water partition coefficient (Wildman–Crippen LogP) is 4.37. The molecule has 2 aromatic heterocycles. The second-order valence-electron chi connectivity index (χ2n) is 6.83. The average molecular weight is 421 g/mol. The number of fused-ring (bicyclic) bond motifs is 1. The van der Waals surface area contributed by atoms with Crippen molar-refractivity contribution in [2.75, 3.05) is 32.2 Å². The minimum absolute atomic E-state index is 0.0910. The molecule has 31 heavy (non-hydrogen) atoms. The van der Waals surface area contributed by atoms with Crippen LogP contribution in [0.15, 0.2) is 56.2 Å². The molecule has 160 valence electrons. The van der Waals surface area contributed by atoms with Crippen LogP contribution in [0.3, 0.4) is 0 Å². The third-order valence-electron chi connectivity index (χ3n) is 5.15. The molecule has 4 aromatic rings. The largest absolute Gasteiger partial charge is 0.493 e. The van der Waals surface area contributed by atoms with Gasteiger partial charge < -0.3 is 23.3 Å². The predicted molar refractivity (Wildman–Crippen MR) is 118 cm³/mol. The van der Waals surface area contributed by atoms with Gasteiger partial charge in [-0.15, -0.1) is 0 Å². The topological polar surface area (TPSA) is 90.8 Å². The SMILES string of the molecule is CCN(CC)c1ccc2cc(-c3nc(-c4ccc(OC)c(OC)c4)no3)c(=O)oc2c1. The number of ether oxygens (including phenoxy) is 2. The van der Waals surface area contributed by atoms with Gasteiger partial charge in [0.15, 0.2) is 11.5 Å². The molecule has 2 aromatic carbocycles. The van der Waals surface area contributed by atoms with E-state index in [2.05, 4.69) is 28.9 Å². The van der Waals surface area contributed by atoms with Crippen LogP contribution >= 0.6 is 0 Å². The van der Waals surface area contributed by atoms with Crippen molar-refractivity contribution in [1.29, 1.82) is 0 Å². The molecule has 0 amide bonds. The molecule has 0 spiro atoms. The first-order valence-electron chi connectivity index (χ1n) is 9.97. The fraction of sp³-hybridized carbons (Fsp3) is 0.261. The van der Waals surface area contributed by atoms with Gasteiger partial charge in [-0.1, -0.05) is 5.16 Å². The Morgan fingerprint density at radius 3 is 2.45 bits per heavy atom. The zero-order chi connectivity index (χ0) is 22.0. The van der Waals surface area contributed by atoms with E-state index < -0.39 is 5.63 Å². The fourth-order valence-electron chi connectivity index (χ4n) is 3.46. The molecule has 0 atom stereocenters. The van der Waals surface area contributed by atoms with Gasteiger partial charge in [0.25, 0.3) is 5.89 Å². The Morgan fingerprint density at radius 2 is 1.74 bits per heavy atom. The molecular formula is C23H23N3O5. The lowest BCUT2D eigenvalue weighted by Gasteiger charge is -2.20. The van der Waals surface area contributed by atoms with E-state index in [-0.39, 0.29) is 11.5 Å². The number of hydrogen-bond donors (Lipinski definition) is 0. The Labute approximate surface area is 179 Å². The van der Waals surface area contributed by atoms with Crippen LogP contribution < -0.4 is 20.0 Å². The van der Waals surface area contributed by atoms with Gasteiger partial charge in [-0.3, -0.25) is 0 Å². The van der Waals surface area contributed by atoms with Crippen molar-refractivity contribution < 1.29 is 18.4 Å². The molecule has 4 rings (SSSR count). The Balaban J connectivity index is 1.71. The molecule has 8 nitrogen and oxygen atoms in total. The highest BCUT2D eigenvalue weighted by Gasteiger charge is 2.18. The van der Waals surface area contributed by atoms with Crippen molar-refractivity contribution in [3.05, 3.63) is 52.9 Å². The van der Waals surface area contributed by atoms with Crippen LogP contribution in [0, 0.1) is 0 Å². The lowest BCUT2D eigenvalue weighted by atomic mass is 10.1. The molecule has 0 saturated carbocycles. The van der Waals surface area contributed by atoms with Crippen LogP contribution in [0.5, 0.6) is 11.5 Å². The molecule has 2 heterocycles. The standard InChI is InChI=1S/C23H23N3O5/c1-5-26(6-2)16-9-7-14-11-17(23(27)30-19(14)13-16)22-24-21(25-31-22)15-8-10-18(28-3)20(12-15)29-4/h7-13H,5-6H2,1-4H3. The molecule has 0 aliphatic heterocycles. The maximum Gasteiger partial charge on any atom is 0.349 e. The summed E-state index contributed by atoms with van der Waals surface area (Å²) in [5.41, 5.74) is 1.86. The second-order valence-corrected chi connectivity index (χ2v) is 6.83. The van der Waals surface area contributed by atoms with Crippen LogP contribution in [0.4, 0.5) is 5.69 Å². The van der Waals surface area contributed by atoms with Gasteiger partial charge in [-0.25, -0.2) is 4.79 Å². The Morgan fingerprint density at radius 1 is 0.968 bits per heavy atom. The summed E-state index contributed by atoms with van der Waals surface area (Å²) in [7, 11) is 3.11. The van der Waals surface area contributed by atoms with Gasteiger partial charge in [-0.05, 0) is 50.2 Å². The lowest BCUT2D eigenvalue weighted by Crippen LogP contribution is -2.21. The Kier molecular flexibility index (Phi) is 5.62. The first kappa shape index (κ1) is 20.5. The molecule has 0 saturated heterocycles. The molecule has 0 aliphatic rings. The normalized spacial score (nSPS) is 11.0. The summed E-state index contributed by atoms with van der Waals surface area (Å²) in [5.74, 6) is 1.55. The minimum atomic E-state index is -0.535. The van der Waals surface area contributed by atoms with Crippen LogP contribution in [0.25, 0.3) is 33.8 Å². The van der Waals surface area contributed by atoms with Crippen LogP contribution in [-0.4, -0.2) is 37.4 Å². The summed E-state index contributed by atoms with van der Waals surface area (Å²) < 4.78 is 21.5. The zero-order valence-electron chi connectivity index (χ0n) is 17.8. The maximum atomic E-state index is 12.6. The lowest BCUT2D eigenvalue weighted by molar-refractivity contribution is 0.355. The Bertz CT molecular complexity index is 1270. The molecule has 0 radical (unpaired) electrons. The summed E-state index contributed by atoms with van der Waals surface area (Å²) in [6.07, 6.45) is 0. The molecular weight excluding hydrogens is 398 g/mol. The van der Waals surface area contributed by atoms with Gasteiger partial charge in [0.1, 0.15) is 11.1 Å². The Hall–Kier alpha value is -3.81. The van der Waals surface area contributed by atoms with E-state index in [4.69, 9.17) is 18.4 Å². The third-order valence-corrected chi connectivity index (χ3v) is 5.15. The monoisotopic (exact) mass is 421 g/mol. The van der Waals surface area contributed by atoms with Crippen molar-refractivity contribution in [2.24, 2.45) is 0 Å². The van der Waals surface area contributed by atoms with E-state index in [9.17, 15) is 4.79 Å². The van der Waals surface area contributed by atoms with E-state index in [1.165, 1.54) is 0 Å². The summed E-state index contributed by atoms with van der Waals surface area (Å²) >= 11 is 0. The quantitative estimate of drug-likeness (QED) is 0.406. The van der Waals surface area contributed by atoms with Gasteiger partial charge in [0, 0.05) is 35.8 Å². The van der Waals surface area contributed by atoms with Crippen molar-refractivity contribution >= 4 is 16.7 Å². The molecule has 0 N–H and O–H groups in total. The van der Waals surface area contributed by atoms with E-state index in [0.29, 0.717) is 28.5 Å². The number of benzene rings is 2. The number of nitrogens with zero attached hydrogens (tertiary/aromatic N) is 3. The van der Waals surface area contributed by atoms with Crippen LogP contribution in [0.1, 0.15) is 13.8 Å². The maximum absolute atomic E-state index is 12.6. The molecule has 0 unspecified atom stereocenters. The zero-order valence-corrected chi connectivity index (χ0v) is 17.8. The molecule has 8 heteroatoms. The number of aromatic nitrogens is 2. The summed E-state index contributed by atoms with van der Waals surface area (Å²) in [6, 6.07) is 12.8. The van der Waals surface area contributed by atoms with Gasteiger partial charge >= 0.3 is 5.63 Å². The van der Waals surface area contributed by atoms with Crippen molar-refractivity contribution in [2.45, 2.75) is 13.8 Å². The first-order chi connectivity index (χ1) is 15.1. The highest BCUT2D eigenvalue weighted by Crippen LogP contribution is 2.32. The number of rotatable bonds is 7. The smallest absolute Gasteiger partial charge is 0.349 e. The van der Waals surface area contributed by atoms with E-state index in [1.807, 2.05) is 18.2 Å². The second kappa shape index (κ2) is 8.51. The van der Waals surface area contributed by atoms with Gasteiger partial charge in [0.05, 0.1) is 14.2 Å². The average Bonchev–Trinajstić information content (AvgIpc) is 3.29. The van der Waals surface area contributed by atoms with Crippen LogP contribution in [-0.2, 0) is 0 Å². The molecule has 0 fully saturated rings. The van der Waals surface area contributed by atoms with Crippen molar-refractivity contribution in [3.63, 3.8) is 0 Å². The van der Waals surface area contributed by atoms with Gasteiger partial charge in [0.2, 0.25) is 5.82 Å². The van der Waals surface area contributed by atoms with Crippen LogP contribution in [0.2, 0.25) is 0 Å². The first-order valence-corrected chi connectivity index (χ1v) is 9.97. The molecule has 0 aliphatic carbocycles. The highest BCUT2D eigenvalue weighted by atomic mass is 16.5. The molecule has 0 bridgehead atoms. The third kappa shape index (κ3) is 3.84. The van der Waals surface area contributed by atoms with E-state index in [1.54, 1.807) is 38.5 Å². The highest BCUT2D eigenvalue weighted by molar-refractivity contribution is 5.83. The van der Waals surface area contributed by atoms with E-state index in [0.717, 1.165) is 24.2 Å². The van der Waals surface area contributed by atoms with Crippen molar-refractivity contribution in [3.8, 4) is 34.3 Å². The number of methoxy groups -OCH3 is 2. The summed E-state index contributed by atoms with van der Waals surface area (Å²) in [5, 5.41) is 4.78.